The molecule has 1 heterocycles. The molecule has 0 aliphatic rings. The summed E-state index contributed by atoms with van der Waals surface area (Å²) in [6.07, 6.45) is 2.71. The van der Waals surface area contributed by atoms with Gasteiger partial charge in [-0.3, -0.25) is 0 Å². The van der Waals surface area contributed by atoms with Crippen molar-refractivity contribution in [1.29, 1.82) is 0 Å². The molecule has 0 saturated carbocycles. The van der Waals surface area contributed by atoms with Gasteiger partial charge in [0.25, 0.3) is 0 Å². The Kier molecular flexibility index (Phi) is 10.2. The zero-order valence-corrected chi connectivity index (χ0v) is 10.7. The lowest BCUT2D eigenvalue weighted by Crippen LogP contribution is -2.13. The van der Waals surface area contributed by atoms with Gasteiger partial charge in [-0.2, -0.15) is 0 Å². The van der Waals surface area contributed by atoms with E-state index in [0.29, 0.717) is 6.54 Å². The predicted molar refractivity (Wildman–Crippen MR) is 66.1 cm³/mol. The summed E-state index contributed by atoms with van der Waals surface area (Å²) in [4.78, 5) is 4.29. The van der Waals surface area contributed by atoms with E-state index in [1.54, 1.807) is 7.11 Å². The number of halogens is 2. The molecule has 6 heteroatoms. The van der Waals surface area contributed by atoms with Crippen LogP contribution < -0.4 is 5.73 Å². The first-order valence-electron chi connectivity index (χ1n) is 4.49. The van der Waals surface area contributed by atoms with Crippen LogP contribution in [0, 0.1) is 6.92 Å². The SMILES string of the molecule is COCCn1c(C)cnc1CCN.Cl.Cl. The number of ether oxygens (including phenoxy) is 1. The number of imidazole rings is 1. The fourth-order valence-electron chi connectivity index (χ4n) is 1.33. The summed E-state index contributed by atoms with van der Waals surface area (Å²) in [5, 5.41) is 0. The number of hydrogen-bond donors (Lipinski definition) is 1. The van der Waals surface area contributed by atoms with Crippen LogP contribution in [0.25, 0.3) is 0 Å². The number of aryl methyl sites for hydroxylation is 1. The Balaban J connectivity index is 0. The molecule has 90 valence electrons. The average molecular weight is 256 g/mol. The molecule has 1 aromatic rings. The lowest BCUT2D eigenvalue weighted by Gasteiger charge is -2.08. The van der Waals surface area contributed by atoms with Crippen molar-refractivity contribution in [3.8, 4) is 0 Å². The van der Waals surface area contributed by atoms with Crippen molar-refractivity contribution in [2.45, 2.75) is 19.9 Å². The smallest absolute Gasteiger partial charge is 0.110 e. The van der Waals surface area contributed by atoms with Crippen molar-refractivity contribution in [3.63, 3.8) is 0 Å². The first-order valence-corrected chi connectivity index (χ1v) is 4.49. The second-order valence-corrected chi connectivity index (χ2v) is 3.00. The van der Waals surface area contributed by atoms with Gasteiger partial charge in [0, 0.05) is 32.0 Å². The minimum absolute atomic E-state index is 0. The number of nitrogens with zero attached hydrogens (tertiary/aromatic N) is 2. The zero-order chi connectivity index (χ0) is 9.68. The summed E-state index contributed by atoms with van der Waals surface area (Å²) in [5.41, 5.74) is 6.65. The molecular weight excluding hydrogens is 237 g/mol. The molecule has 0 unspecified atom stereocenters. The molecule has 0 radical (unpaired) electrons. The van der Waals surface area contributed by atoms with Crippen molar-refractivity contribution in [2.24, 2.45) is 5.73 Å². The number of hydrogen-bond acceptors (Lipinski definition) is 3. The molecule has 0 atom stereocenters. The normalized spacial score (nSPS) is 9.27. The van der Waals surface area contributed by atoms with Crippen LogP contribution in [0.2, 0.25) is 0 Å². The first-order chi connectivity index (χ1) is 6.29. The third-order valence-corrected chi connectivity index (χ3v) is 2.02. The van der Waals surface area contributed by atoms with Gasteiger partial charge in [-0.15, -0.1) is 24.8 Å². The third kappa shape index (κ3) is 4.84. The summed E-state index contributed by atoms with van der Waals surface area (Å²) < 4.78 is 7.17. The highest BCUT2D eigenvalue weighted by molar-refractivity contribution is 5.85. The van der Waals surface area contributed by atoms with Gasteiger partial charge in [-0.25, -0.2) is 4.98 Å². The monoisotopic (exact) mass is 255 g/mol. The second-order valence-electron chi connectivity index (χ2n) is 3.00. The van der Waals surface area contributed by atoms with Gasteiger partial charge in [-0.1, -0.05) is 0 Å². The Morgan fingerprint density at radius 3 is 2.67 bits per heavy atom. The van der Waals surface area contributed by atoms with Crippen LogP contribution in [0.15, 0.2) is 6.20 Å². The molecule has 0 bridgehead atoms. The molecular formula is C9H19Cl2N3O. The quantitative estimate of drug-likeness (QED) is 0.860. The van der Waals surface area contributed by atoms with Crippen molar-refractivity contribution in [1.82, 2.24) is 9.55 Å². The van der Waals surface area contributed by atoms with E-state index in [4.69, 9.17) is 10.5 Å². The van der Waals surface area contributed by atoms with E-state index in [9.17, 15) is 0 Å². The van der Waals surface area contributed by atoms with Crippen LogP contribution in [0.3, 0.4) is 0 Å². The van der Waals surface area contributed by atoms with Crippen LogP contribution in [-0.4, -0.2) is 29.8 Å². The van der Waals surface area contributed by atoms with E-state index in [1.807, 2.05) is 13.1 Å². The number of aromatic nitrogens is 2. The van der Waals surface area contributed by atoms with Gasteiger partial charge in [0.05, 0.1) is 6.61 Å². The van der Waals surface area contributed by atoms with E-state index in [-0.39, 0.29) is 24.8 Å². The van der Waals surface area contributed by atoms with Gasteiger partial charge in [0.1, 0.15) is 5.82 Å². The Labute approximate surface area is 103 Å². The molecule has 1 aromatic heterocycles. The molecule has 0 saturated heterocycles. The molecule has 4 nitrogen and oxygen atoms in total. The predicted octanol–water partition coefficient (Wildman–Crippen LogP) is 1.18. The van der Waals surface area contributed by atoms with E-state index in [0.717, 1.165) is 25.4 Å². The molecule has 0 spiro atoms. The van der Waals surface area contributed by atoms with Crippen LogP contribution >= 0.6 is 24.8 Å². The summed E-state index contributed by atoms with van der Waals surface area (Å²) in [6.45, 7) is 4.26. The van der Waals surface area contributed by atoms with Gasteiger partial charge in [0.15, 0.2) is 0 Å². The fraction of sp³-hybridized carbons (Fsp3) is 0.667. The summed E-state index contributed by atoms with van der Waals surface area (Å²) in [7, 11) is 1.70. The van der Waals surface area contributed by atoms with Crippen molar-refractivity contribution < 1.29 is 4.74 Å². The Morgan fingerprint density at radius 2 is 2.13 bits per heavy atom. The third-order valence-electron chi connectivity index (χ3n) is 2.02. The van der Waals surface area contributed by atoms with Gasteiger partial charge in [-0.05, 0) is 13.5 Å². The lowest BCUT2D eigenvalue weighted by atomic mass is 10.4. The molecule has 0 aliphatic carbocycles. The first kappa shape index (κ1) is 17.1. The maximum atomic E-state index is 5.48. The Hall–Kier alpha value is -0.290. The van der Waals surface area contributed by atoms with Gasteiger partial charge in [0.2, 0.25) is 0 Å². The van der Waals surface area contributed by atoms with Crippen molar-refractivity contribution >= 4 is 24.8 Å². The lowest BCUT2D eigenvalue weighted by molar-refractivity contribution is 0.185. The number of rotatable bonds is 5. The highest BCUT2D eigenvalue weighted by Gasteiger charge is 2.04. The molecule has 2 N–H and O–H groups in total. The highest BCUT2D eigenvalue weighted by Crippen LogP contribution is 2.04. The number of methoxy groups -OCH3 is 1. The number of nitrogens with two attached hydrogens (primary N) is 1. The standard InChI is InChI=1S/C9H17N3O.2ClH/c1-8-7-11-9(3-4-10)12(8)5-6-13-2;;/h7H,3-6,10H2,1-2H3;2*1H. The zero-order valence-electron chi connectivity index (χ0n) is 9.10. The van der Waals surface area contributed by atoms with E-state index in [2.05, 4.69) is 9.55 Å². The van der Waals surface area contributed by atoms with Crippen LogP contribution in [0.5, 0.6) is 0 Å². The van der Waals surface area contributed by atoms with Crippen LogP contribution in [0.1, 0.15) is 11.5 Å². The van der Waals surface area contributed by atoms with E-state index in [1.165, 1.54) is 5.69 Å². The molecule has 0 aliphatic heterocycles. The Bertz CT molecular complexity index is 266. The summed E-state index contributed by atoms with van der Waals surface area (Å²) in [6, 6.07) is 0. The minimum Gasteiger partial charge on any atom is -0.383 e. The maximum Gasteiger partial charge on any atom is 0.110 e. The second kappa shape index (κ2) is 8.97. The topological polar surface area (TPSA) is 53.1 Å². The maximum absolute atomic E-state index is 5.48. The van der Waals surface area contributed by atoms with E-state index >= 15 is 0 Å². The van der Waals surface area contributed by atoms with Gasteiger partial charge >= 0.3 is 0 Å². The molecule has 1 rings (SSSR count). The molecule has 0 aromatic carbocycles. The minimum atomic E-state index is 0. The average Bonchev–Trinajstić information content (AvgIpc) is 2.45. The summed E-state index contributed by atoms with van der Waals surface area (Å²) in [5.74, 6) is 1.05. The highest BCUT2D eigenvalue weighted by atomic mass is 35.5. The summed E-state index contributed by atoms with van der Waals surface area (Å²) >= 11 is 0. The molecule has 0 fully saturated rings. The fourth-order valence-corrected chi connectivity index (χ4v) is 1.33. The van der Waals surface area contributed by atoms with E-state index < -0.39 is 0 Å². The van der Waals surface area contributed by atoms with Crippen LogP contribution in [0.4, 0.5) is 0 Å². The molecule has 0 amide bonds. The van der Waals surface area contributed by atoms with Crippen molar-refractivity contribution in [3.05, 3.63) is 17.7 Å². The van der Waals surface area contributed by atoms with Gasteiger partial charge < -0.3 is 15.0 Å². The van der Waals surface area contributed by atoms with Crippen molar-refractivity contribution in [2.75, 3.05) is 20.3 Å². The molecule has 15 heavy (non-hydrogen) atoms. The van der Waals surface area contributed by atoms with Crippen LogP contribution in [-0.2, 0) is 17.7 Å². The largest absolute Gasteiger partial charge is 0.383 e. The Morgan fingerprint density at radius 1 is 1.47 bits per heavy atom.